The van der Waals surface area contributed by atoms with Gasteiger partial charge in [-0.1, -0.05) is 24.3 Å². The summed E-state index contributed by atoms with van der Waals surface area (Å²) in [4.78, 5) is 12.0. The molecule has 0 spiro atoms. The van der Waals surface area contributed by atoms with E-state index in [9.17, 15) is 23.2 Å². The van der Waals surface area contributed by atoms with Gasteiger partial charge in [0, 0.05) is 5.92 Å². The van der Waals surface area contributed by atoms with Crippen LogP contribution in [0, 0.1) is 0 Å². The molecule has 0 radical (unpaired) electrons. The predicted octanol–water partition coefficient (Wildman–Crippen LogP) is 5.38. The van der Waals surface area contributed by atoms with Gasteiger partial charge in [-0.05, 0) is 52.3 Å². The van der Waals surface area contributed by atoms with E-state index in [0.29, 0.717) is 10.6 Å². The van der Waals surface area contributed by atoms with Crippen LogP contribution in [0.4, 0.5) is 18.0 Å². The topological polar surface area (TPSA) is 49.8 Å². The fraction of sp³-hybridized carbons (Fsp3) is 0.500. The highest BCUT2D eigenvalue weighted by molar-refractivity contribution is 5.67. The third-order valence-electron chi connectivity index (χ3n) is 3.51. The third kappa shape index (κ3) is 6.08. The molecule has 2 atom stereocenters. The SMILES string of the molecule is C/C=C/[C@H](c1ccc(C(F)(F)F)cc1)[C@@H](C)N(O)C(=O)OC(C)(C)C. The zero-order valence-corrected chi connectivity index (χ0v) is 15.0. The second kappa shape index (κ2) is 7.91. The van der Waals surface area contributed by atoms with Gasteiger partial charge in [0.25, 0.3) is 0 Å². The number of benzene rings is 1. The summed E-state index contributed by atoms with van der Waals surface area (Å²) in [5, 5.41) is 10.6. The Kier molecular flexibility index (Phi) is 6.65. The maximum Gasteiger partial charge on any atom is 0.434 e. The van der Waals surface area contributed by atoms with Crippen LogP contribution >= 0.6 is 0 Å². The molecule has 1 amide bonds. The molecule has 4 nitrogen and oxygen atoms in total. The maximum atomic E-state index is 12.7. The zero-order valence-electron chi connectivity index (χ0n) is 15.0. The van der Waals surface area contributed by atoms with E-state index < -0.39 is 35.4 Å². The van der Waals surface area contributed by atoms with Crippen LogP contribution < -0.4 is 0 Å². The fourth-order valence-electron chi connectivity index (χ4n) is 2.28. The Balaban J connectivity index is 3.04. The van der Waals surface area contributed by atoms with E-state index in [4.69, 9.17) is 4.74 Å². The summed E-state index contributed by atoms with van der Waals surface area (Å²) in [6.45, 7) is 8.35. The summed E-state index contributed by atoms with van der Waals surface area (Å²) in [6, 6.07) is 3.91. The Hall–Kier alpha value is -2.02. The normalized spacial score (nSPS) is 15.1. The van der Waals surface area contributed by atoms with Crippen molar-refractivity contribution >= 4 is 6.09 Å². The lowest BCUT2D eigenvalue weighted by Crippen LogP contribution is -2.42. The van der Waals surface area contributed by atoms with Crippen molar-refractivity contribution in [3.63, 3.8) is 0 Å². The average molecular weight is 359 g/mol. The number of hydrogen-bond acceptors (Lipinski definition) is 3. The van der Waals surface area contributed by atoms with Gasteiger partial charge in [-0.25, -0.2) is 4.79 Å². The number of alkyl halides is 3. The number of carbonyl (C=O) groups is 1. The minimum atomic E-state index is -4.42. The second-order valence-corrected chi connectivity index (χ2v) is 6.74. The Morgan fingerprint density at radius 3 is 2.12 bits per heavy atom. The van der Waals surface area contributed by atoms with Gasteiger partial charge >= 0.3 is 12.3 Å². The van der Waals surface area contributed by atoms with Gasteiger partial charge in [-0.3, -0.25) is 5.21 Å². The summed E-state index contributed by atoms with van der Waals surface area (Å²) in [5.41, 5.74) is -0.986. The van der Waals surface area contributed by atoms with Crippen molar-refractivity contribution in [3.05, 3.63) is 47.5 Å². The number of amides is 1. The van der Waals surface area contributed by atoms with Crippen LogP contribution in [0.5, 0.6) is 0 Å². The largest absolute Gasteiger partial charge is 0.442 e. The Morgan fingerprint density at radius 1 is 1.20 bits per heavy atom. The van der Waals surface area contributed by atoms with Gasteiger partial charge in [-0.2, -0.15) is 18.2 Å². The molecule has 0 heterocycles. The number of carbonyl (C=O) groups excluding carboxylic acids is 1. The molecule has 7 heteroatoms. The molecule has 25 heavy (non-hydrogen) atoms. The first-order chi connectivity index (χ1) is 11.4. The fourth-order valence-corrected chi connectivity index (χ4v) is 2.28. The number of nitrogens with zero attached hydrogens (tertiary/aromatic N) is 1. The molecule has 0 aromatic heterocycles. The number of halogens is 3. The minimum absolute atomic E-state index is 0.466. The van der Waals surface area contributed by atoms with Crippen molar-refractivity contribution in [3.8, 4) is 0 Å². The first-order valence-electron chi connectivity index (χ1n) is 7.88. The number of rotatable bonds is 4. The van der Waals surface area contributed by atoms with Crippen LogP contribution in [0.15, 0.2) is 36.4 Å². The lowest BCUT2D eigenvalue weighted by molar-refractivity contribution is -0.137. The maximum absolute atomic E-state index is 12.7. The van der Waals surface area contributed by atoms with Gasteiger partial charge in [-0.15, -0.1) is 0 Å². The lowest BCUT2D eigenvalue weighted by atomic mass is 9.91. The van der Waals surface area contributed by atoms with Crippen LogP contribution in [-0.2, 0) is 10.9 Å². The van der Waals surface area contributed by atoms with Crippen LogP contribution in [0.1, 0.15) is 51.7 Å². The molecule has 0 saturated carbocycles. The highest BCUT2D eigenvalue weighted by Crippen LogP contribution is 2.32. The number of ether oxygens (including phenoxy) is 1. The summed E-state index contributed by atoms with van der Waals surface area (Å²) in [7, 11) is 0. The van der Waals surface area contributed by atoms with E-state index in [0.717, 1.165) is 12.1 Å². The first kappa shape index (κ1) is 21.0. The molecule has 0 aliphatic carbocycles. The molecule has 0 aliphatic heterocycles. The highest BCUT2D eigenvalue weighted by atomic mass is 19.4. The number of allylic oxidation sites excluding steroid dienone is 1. The Morgan fingerprint density at radius 2 is 1.72 bits per heavy atom. The van der Waals surface area contributed by atoms with Crippen molar-refractivity contribution in [1.29, 1.82) is 0 Å². The molecule has 0 bridgehead atoms. The molecule has 0 saturated heterocycles. The standard InChI is InChI=1S/C18H24F3NO3/c1-6-7-15(12(2)22(24)16(23)25-17(3,4)5)13-8-10-14(11-9-13)18(19,20)21/h6-12,15,24H,1-5H3/b7-6+/t12-,15+/m1/s1. The predicted molar refractivity (Wildman–Crippen MR) is 88.3 cm³/mol. The number of hydrogen-bond donors (Lipinski definition) is 1. The van der Waals surface area contributed by atoms with Crippen LogP contribution in [0.2, 0.25) is 0 Å². The Labute approximate surface area is 145 Å². The van der Waals surface area contributed by atoms with Gasteiger partial charge in [0.05, 0.1) is 11.6 Å². The van der Waals surface area contributed by atoms with Crippen molar-refractivity contribution in [2.45, 2.75) is 58.4 Å². The van der Waals surface area contributed by atoms with Crippen molar-refractivity contribution < 1.29 is 27.9 Å². The van der Waals surface area contributed by atoms with Crippen molar-refractivity contribution in [1.82, 2.24) is 5.06 Å². The third-order valence-corrected chi connectivity index (χ3v) is 3.51. The summed E-state index contributed by atoms with van der Waals surface area (Å²) >= 11 is 0. The molecule has 1 rings (SSSR count). The summed E-state index contributed by atoms with van der Waals surface area (Å²) < 4.78 is 43.2. The van der Waals surface area contributed by atoms with Crippen LogP contribution in [0.3, 0.4) is 0 Å². The monoisotopic (exact) mass is 359 g/mol. The van der Waals surface area contributed by atoms with Crippen molar-refractivity contribution in [2.75, 3.05) is 0 Å². The molecule has 0 aliphatic rings. The first-order valence-corrected chi connectivity index (χ1v) is 7.88. The summed E-state index contributed by atoms with van der Waals surface area (Å²) in [6.07, 6.45) is -1.91. The van der Waals surface area contributed by atoms with Gasteiger partial charge < -0.3 is 4.74 Å². The lowest BCUT2D eigenvalue weighted by Gasteiger charge is -2.30. The van der Waals surface area contributed by atoms with Gasteiger partial charge in [0.2, 0.25) is 0 Å². The minimum Gasteiger partial charge on any atom is -0.442 e. The number of hydroxylamine groups is 2. The van der Waals surface area contributed by atoms with E-state index in [2.05, 4.69) is 0 Å². The van der Waals surface area contributed by atoms with Gasteiger partial charge in [0.1, 0.15) is 5.60 Å². The zero-order chi connectivity index (χ0) is 19.4. The van der Waals surface area contributed by atoms with Gasteiger partial charge in [0.15, 0.2) is 0 Å². The average Bonchev–Trinajstić information content (AvgIpc) is 2.49. The van der Waals surface area contributed by atoms with E-state index in [-0.39, 0.29) is 0 Å². The van der Waals surface area contributed by atoms with E-state index in [1.165, 1.54) is 12.1 Å². The smallest absolute Gasteiger partial charge is 0.434 e. The molecule has 140 valence electrons. The van der Waals surface area contributed by atoms with E-state index >= 15 is 0 Å². The summed E-state index contributed by atoms with van der Waals surface area (Å²) in [5.74, 6) is -0.496. The molecule has 0 fully saturated rings. The molecule has 1 N–H and O–H groups in total. The van der Waals surface area contributed by atoms with E-state index in [1.807, 2.05) is 0 Å². The molecule has 0 unspecified atom stereocenters. The highest BCUT2D eigenvalue weighted by Gasteiger charge is 2.32. The molecular formula is C18H24F3NO3. The Bertz CT molecular complexity index is 603. The quantitative estimate of drug-likeness (QED) is 0.446. The van der Waals surface area contributed by atoms with E-state index in [1.54, 1.807) is 46.8 Å². The molecule has 1 aromatic carbocycles. The van der Waals surface area contributed by atoms with Crippen LogP contribution in [-0.4, -0.2) is 28.0 Å². The second-order valence-electron chi connectivity index (χ2n) is 6.74. The molecular weight excluding hydrogens is 335 g/mol. The van der Waals surface area contributed by atoms with Crippen molar-refractivity contribution in [2.24, 2.45) is 0 Å². The van der Waals surface area contributed by atoms with Crippen LogP contribution in [0.25, 0.3) is 0 Å². The molecule has 1 aromatic rings.